The van der Waals surface area contributed by atoms with Crippen LogP contribution in [0.3, 0.4) is 0 Å². The second-order valence-electron chi connectivity index (χ2n) is 10.2. The zero-order valence-electron chi connectivity index (χ0n) is 22.3. The quantitative estimate of drug-likeness (QED) is 0.0845. The number of aromatic nitrogens is 1. The minimum atomic E-state index is -0.657. The summed E-state index contributed by atoms with van der Waals surface area (Å²) < 4.78 is 5.24. The van der Waals surface area contributed by atoms with Gasteiger partial charge < -0.3 is 25.9 Å². The van der Waals surface area contributed by atoms with E-state index in [4.69, 9.17) is 15.7 Å². The standard InChI is InChI=1S/C27H40N6O5/c1-18(2)38-24(34)17-30-22(14-19-8-4-3-5-9-19)27(36)33-13-7-6-10-23(33)26(35)31-16-20-11-12-21(29-15-20)25(28)32-37/h6-7,11-12,15,18-19,22-23,30,37H,3-5,8-10,13-14,16-17H2,1-2H3,(H2,28,32)(H,31,35). The van der Waals surface area contributed by atoms with Crippen LogP contribution >= 0.6 is 0 Å². The molecule has 0 spiro atoms. The van der Waals surface area contributed by atoms with Crippen LogP contribution in [0.25, 0.3) is 0 Å². The van der Waals surface area contributed by atoms with Crippen LogP contribution in [0.1, 0.15) is 70.1 Å². The third kappa shape index (κ3) is 8.54. The number of amides is 2. The SMILES string of the molecule is CC(C)OC(=O)CNC(CC1CCCCC1)C(=O)N1CC=CCC1C(=O)NCc1ccc(/C(N)=N\O)nc1. The number of ether oxygens (including phenoxy) is 1. The molecule has 0 bridgehead atoms. The van der Waals surface area contributed by atoms with Gasteiger partial charge in [0.2, 0.25) is 11.8 Å². The highest BCUT2D eigenvalue weighted by Crippen LogP contribution is 2.28. The van der Waals surface area contributed by atoms with Gasteiger partial charge in [-0.15, -0.1) is 0 Å². The summed E-state index contributed by atoms with van der Waals surface area (Å²) in [5, 5.41) is 17.7. The van der Waals surface area contributed by atoms with E-state index >= 15 is 0 Å². The Hall–Kier alpha value is -3.47. The summed E-state index contributed by atoms with van der Waals surface area (Å²) in [6, 6.07) is 2.09. The predicted octanol–water partition coefficient (Wildman–Crippen LogP) is 1.83. The lowest BCUT2D eigenvalue weighted by atomic mass is 9.84. The number of rotatable bonds is 11. The molecule has 1 aromatic heterocycles. The maximum atomic E-state index is 13.8. The number of carbonyl (C=O) groups excluding carboxylic acids is 3. The molecule has 11 nitrogen and oxygen atoms in total. The van der Waals surface area contributed by atoms with E-state index in [9.17, 15) is 14.4 Å². The van der Waals surface area contributed by atoms with Crippen molar-refractivity contribution < 1.29 is 24.3 Å². The average Bonchev–Trinajstić information content (AvgIpc) is 2.93. The number of esters is 1. The lowest BCUT2D eigenvalue weighted by Gasteiger charge is -2.36. The molecule has 2 heterocycles. The number of carbonyl (C=O) groups is 3. The third-order valence-electron chi connectivity index (χ3n) is 6.90. The molecular formula is C27H40N6O5. The van der Waals surface area contributed by atoms with Gasteiger partial charge in [-0.05, 0) is 44.2 Å². The lowest BCUT2D eigenvalue weighted by molar-refractivity contribution is -0.147. The summed E-state index contributed by atoms with van der Waals surface area (Å²) in [4.78, 5) is 44.9. The van der Waals surface area contributed by atoms with Crippen molar-refractivity contribution in [2.45, 2.75) is 83.5 Å². The van der Waals surface area contributed by atoms with Crippen LogP contribution in [-0.2, 0) is 25.7 Å². The first-order valence-corrected chi connectivity index (χ1v) is 13.4. The fourth-order valence-corrected chi connectivity index (χ4v) is 4.94. The number of pyridine rings is 1. The molecule has 2 unspecified atom stereocenters. The van der Waals surface area contributed by atoms with Gasteiger partial charge in [0.05, 0.1) is 18.7 Å². The molecular weight excluding hydrogens is 488 g/mol. The fraction of sp³-hybridized carbons (Fsp3) is 0.593. The van der Waals surface area contributed by atoms with E-state index in [2.05, 4.69) is 20.8 Å². The molecule has 1 fully saturated rings. The highest BCUT2D eigenvalue weighted by atomic mass is 16.5. The van der Waals surface area contributed by atoms with Gasteiger partial charge in [-0.2, -0.15) is 0 Å². The zero-order chi connectivity index (χ0) is 27.5. The Labute approximate surface area is 223 Å². The molecule has 0 aromatic carbocycles. The van der Waals surface area contributed by atoms with Gasteiger partial charge in [-0.1, -0.05) is 55.5 Å². The molecule has 5 N–H and O–H groups in total. The van der Waals surface area contributed by atoms with Gasteiger partial charge in [0.1, 0.15) is 11.7 Å². The summed E-state index contributed by atoms with van der Waals surface area (Å²) >= 11 is 0. The van der Waals surface area contributed by atoms with E-state index in [1.165, 1.54) is 12.6 Å². The van der Waals surface area contributed by atoms with Crippen LogP contribution in [0.5, 0.6) is 0 Å². The fourth-order valence-electron chi connectivity index (χ4n) is 4.94. The second-order valence-corrected chi connectivity index (χ2v) is 10.2. The van der Waals surface area contributed by atoms with Crippen molar-refractivity contribution in [2.75, 3.05) is 13.1 Å². The predicted molar refractivity (Wildman–Crippen MR) is 142 cm³/mol. The Morgan fingerprint density at radius 1 is 1.21 bits per heavy atom. The average molecular weight is 529 g/mol. The monoisotopic (exact) mass is 528 g/mol. The lowest BCUT2D eigenvalue weighted by Crippen LogP contribution is -2.56. The number of nitrogens with two attached hydrogens (primary N) is 1. The molecule has 1 aromatic rings. The second kappa shape index (κ2) is 14.5. The molecule has 2 aliphatic rings. The van der Waals surface area contributed by atoms with Crippen LogP contribution in [0.15, 0.2) is 35.6 Å². The molecule has 2 atom stereocenters. The van der Waals surface area contributed by atoms with Crippen molar-refractivity contribution in [3.63, 3.8) is 0 Å². The van der Waals surface area contributed by atoms with E-state index in [-0.39, 0.29) is 36.8 Å². The number of nitrogens with zero attached hydrogens (tertiary/aromatic N) is 3. The molecule has 1 aliphatic carbocycles. The first-order chi connectivity index (χ1) is 18.3. The minimum absolute atomic E-state index is 0.0592. The first-order valence-electron chi connectivity index (χ1n) is 13.4. The van der Waals surface area contributed by atoms with Gasteiger partial charge in [0, 0.05) is 19.3 Å². The highest BCUT2D eigenvalue weighted by molar-refractivity contribution is 5.95. The summed E-state index contributed by atoms with van der Waals surface area (Å²) in [6.07, 6.45) is 11.8. The maximum Gasteiger partial charge on any atom is 0.320 e. The Morgan fingerprint density at radius 3 is 2.63 bits per heavy atom. The number of nitrogens with one attached hydrogen (secondary N) is 2. The Balaban J connectivity index is 1.66. The van der Waals surface area contributed by atoms with E-state index in [1.807, 2.05) is 12.2 Å². The highest BCUT2D eigenvalue weighted by Gasteiger charge is 2.35. The van der Waals surface area contributed by atoms with E-state index < -0.39 is 18.1 Å². The van der Waals surface area contributed by atoms with Crippen molar-refractivity contribution in [1.82, 2.24) is 20.5 Å². The molecule has 1 saturated carbocycles. The van der Waals surface area contributed by atoms with Gasteiger partial charge >= 0.3 is 5.97 Å². The molecule has 11 heteroatoms. The largest absolute Gasteiger partial charge is 0.462 e. The minimum Gasteiger partial charge on any atom is -0.462 e. The normalized spacial score (nSPS) is 19.3. The van der Waals surface area contributed by atoms with Gasteiger partial charge in [0.25, 0.3) is 0 Å². The van der Waals surface area contributed by atoms with E-state index in [1.54, 1.807) is 30.9 Å². The summed E-state index contributed by atoms with van der Waals surface area (Å²) in [7, 11) is 0. The Morgan fingerprint density at radius 2 is 1.97 bits per heavy atom. The van der Waals surface area contributed by atoms with E-state index in [0.717, 1.165) is 31.2 Å². The van der Waals surface area contributed by atoms with Gasteiger partial charge in [0.15, 0.2) is 5.84 Å². The molecule has 2 amide bonds. The van der Waals surface area contributed by atoms with E-state index in [0.29, 0.717) is 31.0 Å². The van der Waals surface area contributed by atoms with Crippen LogP contribution < -0.4 is 16.4 Å². The van der Waals surface area contributed by atoms with Crippen molar-refractivity contribution in [3.8, 4) is 0 Å². The number of hydrogen-bond donors (Lipinski definition) is 4. The Bertz CT molecular complexity index is 1000. The van der Waals surface area contributed by atoms with Gasteiger partial charge in [-0.3, -0.25) is 24.7 Å². The number of amidine groups is 1. The topological polar surface area (TPSA) is 159 Å². The van der Waals surface area contributed by atoms with Crippen LogP contribution in [0.4, 0.5) is 0 Å². The van der Waals surface area contributed by atoms with Crippen LogP contribution in [0.2, 0.25) is 0 Å². The van der Waals surface area contributed by atoms with Crippen LogP contribution in [-0.4, -0.2) is 70.0 Å². The van der Waals surface area contributed by atoms with Crippen molar-refractivity contribution in [1.29, 1.82) is 0 Å². The van der Waals surface area contributed by atoms with Crippen molar-refractivity contribution >= 4 is 23.6 Å². The molecule has 0 radical (unpaired) electrons. The van der Waals surface area contributed by atoms with Crippen molar-refractivity contribution in [3.05, 3.63) is 41.7 Å². The third-order valence-corrected chi connectivity index (χ3v) is 6.90. The molecule has 208 valence electrons. The smallest absolute Gasteiger partial charge is 0.320 e. The number of hydrogen-bond acceptors (Lipinski definition) is 8. The van der Waals surface area contributed by atoms with Crippen molar-refractivity contribution in [2.24, 2.45) is 16.8 Å². The molecule has 0 saturated heterocycles. The zero-order valence-corrected chi connectivity index (χ0v) is 22.3. The summed E-state index contributed by atoms with van der Waals surface area (Å²) in [5.74, 6) is -0.543. The number of oxime groups is 1. The van der Waals surface area contributed by atoms with Crippen LogP contribution in [0, 0.1) is 5.92 Å². The maximum absolute atomic E-state index is 13.8. The Kier molecular flexibility index (Phi) is 11.1. The molecule has 3 rings (SSSR count). The van der Waals surface area contributed by atoms with Gasteiger partial charge in [-0.25, -0.2) is 0 Å². The molecule has 1 aliphatic heterocycles. The molecule has 38 heavy (non-hydrogen) atoms. The summed E-state index contributed by atoms with van der Waals surface area (Å²) in [5.41, 5.74) is 6.60. The first kappa shape index (κ1) is 29.1. The summed E-state index contributed by atoms with van der Waals surface area (Å²) in [6.45, 7) is 4.06.